The summed E-state index contributed by atoms with van der Waals surface area (Å²) in [6.45, 7) is 0.480. The average Bonchev–Trinajstić information content (AvgIpc) is 2.90. The van der Waals surface area contributed by atoms with E-state index in [1.165, 1.54) is 17.9 Å². The summed E-state index contributed by atoms with van der Waals surface area (Å²) in [7, 11) is 0. The van der Waals surface area contributed by atoms with Crippen molar-refractivity contribution >= 4 is 21.8 Å². The molecule has 2 rings (SSSR count). The number of hydrogen-bond donors (Lipinski definition) is 1. The molecule has 0 radical (unpaired) electrons. The number of nitrogens with zero attached hydrogens (tertiary/aromatic N) is 1. The Morgan fingerprint density at radius 3 is 2.53 bits per heavy atom. The van der Waals surface area contributed by atoms with Crippen molar-refractivity contribution in [2.45, 2.75) is 11.9 Å². The standard InChI is InChI=1S/C12H11BrN2O2/c13-7-9-1-3-10(4-2-9)8-14-12(16)11-5-6-17-15-11/h1-6H,7-8H2,(H,14,16). The highest BCUT2D eigenvalue weighted by molar-refractivity contribution is 9.08. The van der Waals surface area contributed by atoms with E-state index in [9.17, 15) is 4.79 Å². The van der Waals surface area contributed by atoms with Gasteiger partial charge in [-0.25, -0.2) is 0 Å². The molecular weight excluding hydrogens is 284 g/mol. The van der Waals surface area contributed by atoms with E-state index in [2.05, 4.69) is 30.9 Å². The Bertz CT molecular complexity index is 480. The van der Waals surface area contributed by atoms with E-state index in [0.717, 1.165) is 10.9 Å². The lowest BCUT2D eigenvalue weighted by molar-refractivity contribution is 0.0942. The number of halogens is 1. The molecule has 4 nitrogen and oxygen atoms in total. The summed E-state index contributed by atoms with van der Waals surface area (Å²) in [5.74, 6) is -0.233. The van der Waals surface area contributed by atoms with Crippen LogP contribution in [0.2, 0.25) is 0 Å². The van der Waals surface area contributed by atoms with E-state index in [1.54, 1.807) is 0 Å². The van der Waals surface area contributed by atoms with Gasteiger partial charge in [0, 0.05) is 17.9 Å². The summed E-state index contributed by atoms with van der Waals surface area (Å²) in [4.78, 5) is 11.6. The van der Waals surface area contributed by atoms with Crippen LogP contribution in [0.1, 0.15) is 21.6 Å². The second-order valence-electron chi connectivity index (χ2n) is 3.52. The maximum Gasteiger partial charge on any atom is 0.273 e. The quantitative estimate of drug-likeness (QED) is 0.882. The summed E-state index contributed by atoms with van der Waals surface area (Å²) in [6.07, 6.45) is 1.37. The van der Waals surface area contributed by atoms with E-state index in [0.29, 0.717) is 12.2 Å². The number of nitrogens with one attached hydrogen (secondary N) is 1. The third-order valence-corrected chi connectivity index (χ3v) is 2.95. The molecule has 0 saturated heterocycles. The maximum atomic E-state index is 11.6. The van der Waals surface area contributed by atoms with Crippen LogP contribution < -0.4 is 5.32 Å². The molecule has 88 valence electrons. The van der Waals surface area contributed by atoms with Crippen molar-refractivity contribution < 1.29 is 9.32 Å². The Morgan fingerprint density at radius 2 is 1.94 bits per heavy atom. The van der Waals surface area contributed by atoms with Crippen molar-refractivity contribution in [3.05, 3.63) is 53.4 Å². The minimum absolute atomic E-state index is 0.233. The lowest BCUT2D eigenvalue weighted by atomic mass is 10.1. The van der Waals surface area contributed by atoms with Crippen LogP contribution in [0.5, 0.6) is 0 Å². The Kier molecular flexibility index (Phi) is 3.93. The zero-order valence-corrected chi connectivity index (χ0v) is 10.6. The number of hydrogen-bond acceptors (Lipinski definition) is 3. The van der Waals surface area contributed by atoms with E-state index < -0.39 is 0 Å². The van der Waals surface area contributed by atoms with Gasteiger partial charge in [0.25, 0.3) is 5.91 Å². The maximum absolute atomic E-state index is 11.6. The smallest absolute Gasteiger partial charge is 0.273 e. The van der Waals surface area contributed by atoms with Gasteiger partial charge in [0.15, 0.2) is 5.69 Å². The van der Waals surface area contributed by atoms with Gasteiger partial charge >= 0.3 is 0 Å². The van der Waals surface area contributed by atoms with E-state index in [-0.39, 0.29) is 5.91 Å². The molecule has 1 N–H and O–H groups in total. The fraction of sp³-hybridized carbons (Fsp3) is 0.167. The minimum Gasteiger partial charge on any atom is -0.364 e. The zero-order valence-electron chi connectivity index (χ0n) is 9.02. The molecule has 0 spiro atoms. The topological polar surface area (TPSA) is 55.1 Å². The SMILES string of the molecule is O=C(NCc1ccc(CBr)cc1)c1ccon1. The van der Waals surface area contributed by atoms with Gasteiger partial charge in [-0.1, -0.05) is 45.4 Å². The highest BCUT2D eigenvalue weighted by Gasteiger charge is 2.07. The first-order chi connectivity index (χ1) is 8.29. The van der Waals surface area contributed by atoms with E-state index in [4.69, 9.17) is 0 Å². The summed E-state index contributed by atoms with van der Waals surface area (Å²) < 4.78 is 4.60. The largest absolute Gasteiger partial charge is 0.364 e. The molecule has 0 aliphatic heterocycles. The highest BCUT2D eigenvalue weighted by atomic mass is 79.9. The number of carbonyl (C=O) groups excluding carboxylic acids is 1. The van der Waals surface area contributed by atoms with Crippen LogP contribution in [0, 0.1) is 0 Å². The molecule has 0 unspecified atom stereocenters. The molecule has 2 aromatic rings. The normalized spacial score (nSPS) is 10.2. The Balaban J connectivity index is 1.91. The van der Waals surface area contributed by atoms with Gasteiger partial charge in [0.2, 0.25) is 0 Å². The van der Waals surface area contributed by atoms with Crippen LogP contribution in [0.4, 0.5) is 0 Å². The molecule has 1 aromatic carbocycles. The summed E-state index contributed by atoms with van der Waals surface area (Å²) >= 11 is 3.38. The lowest BCUT2D eigenvalue weighted by Gasteiger charge is -2.03. The van der Waals surface area contributed by atoms with Gasteiger partial charge in [-0.3, -0.25) is 4.79 Å². The van der Waals surface area contributed by atoms with Gasteiger partial charge in [0.05, 0.1) is 0 Å². The number of carbonyl (C=O) groups is 1. The minimum atomic E-state index is -0.233. The van der Waals surface area contributed by atoms with Gasteiger partial charge in [0.1, 0.15) is 6.26 Å². The predicted octanol–water partition coefficient (Wildman–Crippen LogP) is 2.50. The molecule has 0 bridgehead atoms. The number of alkyl halides is 1. The predicted molar refractivity (Wildman–Crippen MR) is 66.7 cm³/mol. The second-order valence-corrected chi connectivity index (χ2v) is 4.08. The second kappa shape index (κ2) is 5.63. The van der Waals surface area contributed by atoms with Crippen molar-refractivity contribution in [2.24, 2.45) is 0 Å². The summed E-state index contributed by atoms with van der Waals surface area (Å²) in [6, 6.07) is 9.54. The zero-order chi connectivity index (χ0) is 12.1. The lowest BCUT2D eigenvalue weighted by Crippen LogP contribution is -2.22. The fourth-order valence-electron chi connectivity index (χ4n) is 1.35. The summed E-state index contributed by atoms with van der Waals surface area (Å²) in [5, 5.41) is 7.16. The number of benzene rings is 1. The molecule has 17 heavy (non-hydrogen) atoms. The Hall–Kier alpha value is -1.62. The van der Waals surface area contributed by atoms with Crippen LogP contribution in [-0.2, 0) is 11.9 Å². The molecule has 0 aliphatic rings. The van der Waals surface area contributed by atoms with Crippen LogP contribution in [0.25, 0.3) is 0 Å². The Labute approximate surface area is 107 Å². The molecule has 0 aliphatic carbocycles. The first kappa shape index (κ1) is 11.9. The third-order valence-electron chi connectivity index (χ3n) is 2.30. The van der Waals surface area contributed by atoms with Crippen molar-refractivity contribution in [1.29, 1.82) is 0 Å². The van der Waals surface area contributed by atoms with Crippen molar-refractivity contribution in [3.63, 3.8) is 0 Å². The third kappa shape index (κ3) is 3.17. The molecule has 0 saturated carbocycles. The molecule has 0 atom stereocenters. The van der Waals surface area contributed by atoms with Gasteiger partial charge in [-0.15, -0.1) is 0 Å². The number of rotatable bonds is 4. The monoisotopic (exact) mass is 294 g/mol. The van der Waals surface area contributed by atoms with Gasteiger partial charge in [-0.05, 0) is 11.1 Å². The molecule has 1 heterocycles. The van der Waals surface area contributed by atoms with E-state index >= 15 is 0 Å². The highest BCUT2D eigenvalue weighted by Crippen LogP contribution is 2.07. The van der Waals surface area contributed by atoms with Crippen molar-refractivity contribution in [2.75, 3.05) is 0 Å². The van der Waals surface area contributed by atoms with E-state index in [1.807, 2.05) is 24.3 Å². The number of aromatic nitrogens is 1. The van der Waals surface area contributed by atoms with Crippen molar-refractivity contribution in [1.82, 2.24) is 10.5 Å². The fourth-order valence-corrected chi connectivity index (χ4v) is 1.72. The Morgan fingerprint density at radius 1 is 1.24 bits per heavy atom. The number of amides is 1. The molecule has 5 heteroatoms. The van der Waals surface area contributed by atoms with Crippen LogP contribution in [0.3, 0.4) is 0 Å². The first-order valence-corrected chi connectivity index (χ1v) is 6.24. The van der Waals surface area contributed by atoms with Crippen LogP contribution in [0.15, 0.2) is 41.1 Å². The molecular formula is C12H11BrN2O2. The van der Waals surface area contributed by atoms with Crippen molar-refractivity contribution in [3.8, 4) is 0 Å². The average molecular weight is 295 g/mol. The molecule has 0 fully saturated rings. The molecule has 1 amide bonds. The van der Waals surface area contributed by atoms with Crippen LogP contribution >= 0.6 is 15.9 Å². The van der Waals surface area contributed by atoms with Crippen LogP contribution in [-0.4, -0.2) is 11.1 Å². The molecule has 1 aromatic heterocycles. The van der Waals surface area contributed by atoms with Gasteiger partial charge < -0.3 is 9.84 Å². The summed E-state index contributed by atoms with van der Waals surface area (Å²) in [5.41, 5.74) is 2.55. The first-order valence-electron chi connectivity index (χ1n) is 5.12. The van der Waals surface area contributed by atoms with Gasteiger partial charge in [-0.2, -0.15) is 0 Å².